The van der Waals surface area contributed by atoms with E-state index in [1.807, 2.05) is 0 Å². The van der Waals surface area contributed by atoms with Gasteiger partial charge in [-0.1, -0.05) is 6.08 Å². The fourth-order valence-corrected chi connectivity index (χ4v) is 1.73. The van der Waals surface area contributed by atoms with Crippen LogP contribution in [0.3, 0.4) is 0 Å². The molecule has 0 bridgehead atoms. The van der Waals surface area contributed by atoms with Gasteiger partial charge in [-0.3, -0.25) is 0 Å². The summed E-state index contributed by atoms with van der Waals surface area (Å²) >= 11 is 0. The highest BCUT2D eigenvalue weighted by Gasteiger charge is 2.23. The maximum Gasteiger partial charge on any atom is 0.407 e. The molecule has 86 valence electrons. The topological polar surface area (TPSA) is 47.6 Å². The molecule has 0 aliphatic heterocycles. The number of hydrogen-bond donors (Lipinski definition) is 1. The van der Waals surface area contributed by atoms with Gasteiger partial charge in [-0.2, -0.15) is 0 Å². The van der Waals surface area contributed by atoms with E-state index in [1.165, 1.54) is 0 Å². The molecule has 0 heterocycles. The van der Waals surface area contributed by atoms with E-state index < -0.39 is 0 Å². The summed E-state index contributed by atoms with van der Waals surface area (Å²) in [4.78, 5) is 11.2. The molecule has 0 atom stereocenters. The molecule has 1 rings (SSSR count). The second-order valence-electron chi connectivity index (χ2n) is 3.71. The summed E-state index contributed by atoms with van der Waals surface area (Å²) in [7, 11) is 1.72. The monoisotopic (exact) mass is 213 g/mol. The standard InChI is InChI=1S/C11H19NO3/c1-3-8-12-11(13)15-10-6-4-9(14-2)5-7-10/h3,9-10H,1,4-8H2,2H3,(H,12,13). The van der Waals surface area contributed by atoms with Crippen LogP contribution in [0.1, 0.15) is 25.7 Å². The first-order chi connectivity index (χ1) is 7.26. The summed E-state index contributed by atoms with van der Waals surface area (Å²) in [6.45, 7) is 3.96. The number of nitrogens with one attached hydrogen (secondary N) is 1. The fraction of sp³-hybridized carbons (Fsp3) is 0.727. The first-order valence-corrected chi connectivity index (χ1v) is 5.34. The minimum atomic E-state index is -0.351. The zero-order chi connectivity index (χ0) is 11.1. The highest BCUT2D eigenvalue weighted by atomic mass is 16.6. The summed E-state index contributed by atoms with van der Waals surface area (Å²) < 4.78 is 10.5. The van der Waals surface area contributed by atoms with Crippen molar-refractivity contribution < 1.29 is 14.3 Å². The van der Waals surface area contributed by atoms with Gasteiger partial charge in [-0.25, -0.2) is 4.79 Å². The number of carbonyl (C=O) groups excluding carboxylic acids is 1. The Morgan fingerprint density at radius 2 is 2.00 bits per heavy atom. The molecule has 0 aromatic rings. The zero-order valence-electron chi connectivity index (χ0n) is 9.20. The fourth-order valence-electron chi connectivity index (χ4n) is 1.73. The van der Waals surface area contributed by atoms with Crippen molar-refractivity contribution in [1.29, 1.82) is 0 Å². The van der Waals surface area contributed by atoms with E-state index in [4.69, 9.17) is 9.47 Å². The van der Waals surface area contributed by atoms with Crippen LogP contribution in [0.25, 0.3) is 0 Å². The zero-order valence-corrected chi connectivity index (χ0v) is 9.20. The predicted molar refractivity (Wildman–Crippen MR) is 57.7 cm³/mol. The van der Waals surface area contributed by atoms with E-state index >= 15 is 0 Å². The molecule has 0 spiro atoms. The lowest BCUT2D eigenvalue weighted by Crippen LogP contribution is -2.32. The van der Waals surface area contributed by atoms with Crippen LogP contribution in [0.2, 0.25) is 0 Å². The average molecular weight is 213 g/mol. The van der Waals surface area contributed by atoms with Gasteiger partial charge in [0.25, 0.3) is 0 Å². The van der Waals surface area contributed by atoms with Gasteiger partial charge in [0.1, 0.15) is 6.10 Å². The third-order valence-corrected chi connectivity index (χ3v) is 2.62. The van der Waals surface area contributed by atoms with E-state index in [1.54, 1.807) is 13.2 Å². The van der Waals surface area contributed by atoms with E-state index in [-0.39, 0.29) is 12.2 Å². The van der Waals surface area contributed by atoms with Gasteiger partial charge in [0, 0.05) is 13.7 Å². The lowest BCUT2D eigenvalue weighted by atomic mass is 9.95. The molecule has 0 aromatic carbocycles. The number of hydrogen-bond acceptors (Lipinski definition) is 3. The Bertz CT molecular complexity index is 210. The van der Waals surface area contributed by atoms with E-state index in [0.29, 0.717) is 12.6 Å². The quantitative estimate of drug-likeness (QED) is 0.725. The third-order valence-electron chi connectivity index (χ3n) is 2.62. The van der Waals surface area contributed by atoms with Crippen LogP contribution >= 0.6 is 0 Å². The van der Waals surface area contributed by atoms with Gasteiger partial charge in [0.05, 0.1) is 6.10 Å². The van der Waals surface area contributed by atoms with Crippen LogP contribution in [-0.4, -0.2) is 32.0 Å². The molecule has 0 radical (unpaired) electrons. The largest absolute Gasteiger partial charge is 0.446 e. The smallest absolute Gasteiger partial charge is 0.407 e. The lowest BCUT2D eigenvalue weighted by molar-refractivity contribution is 0.0136. The summed E-state index contributed by atoms with van der Waals surface area (Å²) in [6, 6.07) is 0. The molecular weight excluding hydrogens is 194 g/mol. The molecule has 1 aliphatic carbocycles. The van der Waals surface area contributed by atoms with Gasteiger partial charge in [0.15, 0.2) is 0 Å². The Labute approximate surface area is 90.6 Å². The number of ether oxygens (including phenoxy) is 2. The summed E-state index contributed by atoms with van der Waals surface area (Å²) in [5, 5.41) is 2.59. The molecule has 1 fully saturated rings. The van der Waals surface area contributed by atoms with Crippen molar-refractivity contribution in [3.63, 3.8) is 0 Å². The number of alkyl carbamates (subject to hydrolysis) is 1. The molecule has 4 nitrogen and oxygen atoms in total. The SMILES string of the molecule is C=CCNC(=O)OC1CCC(OC)CC1. The molecule has 0 aromatic heterocycles. The Morgan fingerprint density at radius 1 is 1.40 bits per heavy atom. The normalized spacial score (nSPS) is 25.7. The molecule has 0 saturated heterocycles. The van der Waals surface area contributed by atoms with Crippen molar-refractivity contribution in [2.75, 3.05) is 13.7 Å². The second kappa shape index (κ2) is 6.45. The highest BCUT2D eigenvalue weighted by Crippen LogP contribution is 2.22. The predicted octanol–water partition coefficient (Wildman–Crippen LogP) is 1.86. The van der Waals surface area contributed by atoms with Crippen LogP contribution in [0.15, 0.2) is 12.7 Å². The molecule has 4 heteroatoms. The van der Waals surface area contributed by atoms with Gasteiger partial charge in [-0.15, -0.1) is 6.58 Å². The highest BCUT2D eigenvalue weighted by molar-refractivity contribution is 5.67. The first-order valence-electron chi connectivity index (χ1n) is 5.34. The van der Waals surface area contributed by atoms with Crippen molar-refractivity contribution in [1.82, 2.24) is 5.32 Å². The van der Waals surface area contributed by atoms with E-state index in [2.05, 4.69) is 11.9 Å². The van der Waals surface area contributed by atoms with Gasteiger partial charge < -0.3 is 14.8 Å². The minimum Gasteiger partial charge on any atom is -0.446 e. The molecule has 1 saturated carbocycles. The number of amides is 1. The minimum absolute atomic E-state index is 0.0428. The van der Waals surface area contributed by atoms with Gasteiger partial charge >= 0.3 is 6.09 Å². The average Bonchev–Trinajstić information content (AvgIpc) is 2.27. The summed E-state index contributed by atoms with van der Waals surface area (Å²) in [6.07, 6.45) is 5.37. The molecule has 15 heavy (non-hydrogen) atoms. The van der Waals surface area contributed by atoms with Crippen molar-refractivity contribution in [2.24, 2.45) is 0 Å². The van der Waals surface area contributed by atoms with Crippen molar-refractivity contribution in [2.45, 2.75) is 37.9 Å². The van der Waals surface area contributed by atoms with Gasteiger partial charge in [-0.05, 0) is 25.7 Å². The van der Waals surface area contributed by atoms with E-state index in [9.17, 15) is 4.79 Å². The lowest BCUT2D eigenvalue weighted by Gasteiger charge is -2.27. The van der Waals surface area contributed by atoms with Crippen LogP contribution in [-0.2, 0) is 9.47 Å². The summed E-state index contributed by atoms with van der Waals surface area (Å²) in [5.74, 6) is 0. The number of carbonyl (C=O) groups is 1. The molecule has 1 amide bonds. The Morgan fingerprint density at radius 3 is 2.53 bits per heavy atom. The Kier molecular flexibility index (Phi) is 5.18. The molecule has 0 unspecified atom stereocenters. The van der Waals surface area contributed by atoms with Crippen LogP contribution in [0.5, 0.6) is 0 Å². The van der Waals surface area contributed by atoms with E-state index in [0.717, 1.165) is 25.7 Å². The summed E-state index contributed by atoms with van der Waals surface area (Å²) in [5.41, 5.74) is 0. The van der Waals surface area contributed by atoms with Crippen LogP contribution < -0.4 is 5.32 Å². The first kappa shape index (κ1) is 12.0. The van der Waals surface area contributed by atoms with Crippen molar-refractivity contribution >= 4 is 6.09 Å². The molecule has 1 aliphatic rings. The number of methoxy groups -OCH3 is 1. The molecule has 1 N–H and O–H groups in total. The Balaban J connectivity index is 2.17. The second-order valence-corrected chi connectivity index (χ2v) is 3.71. The molecular formula is C11H19NO3. The van der Waals surface area contributed by atoms with Gasteiger partial charge in [0.2, 0.25) is 0 Å². The van der Waals surface area contributed by atoms with Crippen molar-refractivity contribution in [3.8, 4) is 0 Å². The maximum atomic E-state index is 11.2. The van der Waals surface area contributed by atoms with Crippen LogP contribution in [0.4, 0.5) is 4.79 Å². The number of rotatable bonds is 4. The Hall–Kier alpha value is -1.03. The van der Waals surface area contributed by atoms with Crippen LogP contribution in [0, 0.1) is 0 Å². The maximum absolute atomic E-state index is 11.2. The third kappa shape index (κ3) is 4.34. The van der Waals surface area contributed by atoms with Crippen molar-refractivity contribution in [3.05, 3.63) is 12.7 Å².